The van der Waals surface area contributed by atoms with Gasteiger partial charge in [-0.2, -0.15) is 0 Å². The molecule has 1 rings (SSSR count). The number of benzene rings is 1. The molecule has 0 atom stereocenters. The van der Waals surface area contributed by atoms with Gasteiger partial charge in [-0.05, 0) is 60.9 Å². The van der Waals surface area contributed by atoms with Crippen molar-refractivity contribution in [3.05, 3.63) is 29.1 Å². The molecule has 0 unspecified atom stereocenters. The molecule has 4 nitrogen and oxygen atoms in total. The van der Waals surface area contributed by atoms with Crippen molar-refractivity contribution >= 4 is 12.6 Å². The largest absolute Gasteiger partial charge is 0.889 e. The van der Waals surface area contributed by atoms with E-state index >= 15 is 0 Å². The standard InChI is InChI=1S/C6BF5O2.2C6H15N/c8-2-1(7(13)14)3(9)5(11)6(12)4(2)10;2*1-5(2)7-6(3)4/h;2*5-7H,1-4H3/q-2;;/p+2. The second-order valence-electron chi connectivity index (χ2n) is 7.68. The van der Waals surface area contributed by atoms with Crippen LogP contribution in [0, 0.1) is 29.1 Å². The molecule has 0 fully saturated rings. The molecule has 0 radical (unpaired) electrons. The average Bonchev–Trinajstić information content (AvgIpc) is 2.49. The fraction of sp³-hybridized carbons (Fsp3) is 0.667. The van der Waals surface area contributed by atoms with Crippen molar-refractivity contribution in [1.82, 2.24) is 0 Å². The second kappa shape index (κ2) is 13.9. The quantitative estimate of drug-likeness (QED) is 0.296. The van der Waals surface area contributed by atoms with Gasteiger partial charge in [0.05, 0.1) is 24.2 Å². The summed E-state index contributed by atoms with van der Waals surface area (Å²) in [5, 5.41) is 24.9. The van der Waals surface area contributed by atoms with Crippen LogP contribution in [0.1, 0.15) is 55.4 Å². The van der Waals surface area contributed by atoms with Crippen LogP contribution in [0.15, 0.2) is 0 Å². The minimum atomic E-state index is -3.26. The summed E-state index contributed by atoms with van der Waals surface area (Å²) in [6, 6.07) is 3.00. The third kappa shape index (κ3) is 11.6. The molecule has 0 aliphatic carbocycles. The Morgan fingerprint density at radius 3 is 0.893 bits per heavy atom. The highest BCUT2D eigenvalue weighted by atomic mass is 19.2. The van der Waals surface area contributed by atoms with Crippen molar-refractivity contribution in [2.75, 3.05) is 0 Å². The van der Waals surface area contributed by atoms with Crippen molar-refractivity contribution in [1.29, 1.82) is 0 Å². The Balaban J connectivity index is 0. The van der Waals surface area contributed by atoms with Gasteiger partial charge in [0.15, 0.2) is 29.1 Å². The molecule has 0 spiro atoms. The van der Waals surface area contributed by atoms with Crippen LogP contribution < -0.4 is 26.1 Å². The van der Waals surface area contributed by atoms with E-state index in [2.05, 4.69) is 66.0 Å². The zero-order chi connectivity index (χ0) is 22.8. The lowest BCUT2D eigenvalue weighted by Gasteiger charge is -2.27. The van der Waals surface area contributed by atoms with Gasteiger partial charge in [0.25, 0.3) is 0 Å². The lowest BCUT2D eigenvalue weighted by atomic mass is 9.79. The van der Waals surface area contributed by atoms with Gasteiger partial charge in [0.2, 0.25) is 0 Å². The van der Waals surface area contributed by atoms with Crippen molar-refractivity contribution in [2.45, 2.75) is 79.6 Å². The van der Waals surface area contributed by atoms with Gasteiger partial charge >= 0.3 is 0 Å². The smallest absolute Gasteiger partial charge is 0.200 e. The third-order valence-corrected chi connectivity index (χ3v) is 3.02. The maximum Gasteiger partial charge on any atom is 0.200 e. The SMILES string of the molecule is CC(C)[NH2+]C(C)C.CC(C)[NH2+]C(C)C.[O-]B([O-])c1c(F)c(F)c(F)c(F)c1F. The summed E-state index contributed by atoms with van der Waals surface area (Å²) < 4.78 is 62.0. The predicted molar refractivity (Wildman–Crippen MR) is 96.0 cm³/mol. The molecule has 0 aliphatic heterocycles. The van der Waals surface area contributed by atoms with Crippen molar-refractivity contribution < 1.29 is 42.6 Å². The first kappa shape index (κ1) is 29.0. The number of hydrogen-bond donors (Lipinski definition) is 2. The predicted octanol–water partition coefficient (Wildman–Crippen LogP) is -0.469. The molecule has 4 N–H and O–H groups in total. The van der Waals surface area contributed by atoms with Gasteiger partial charge in [-0.3, -0.25) is 0 Å². The number of halogens is 5. The molecular formula is C18H32BF5N2O2. The number of rotatable bonds is 5. The molecule has 0 saturated carbocycles. The molecule has 10 heteroatoms. The van der Waals surface area contributed by atoms with Crippen molar-refractivity contribution in [3.63, 3.8) is 0 Å². The van der Waals surface area contributed by atoms with Crippen LogP contribution in [-0.4, -0.2) is 31.3 Å². The van der Waals surface area contributed by atoms with Gasteiger partial charge in [0, 0.05) is 0 Å². The van der Waals surface area contributed by atoms with Gasteiger partial charge in [-0.25, -0.2) is 22.0 Å². The summed E-state index contributed by atoms with van der Waals surface area (Å²) in [5.74, 6) is -11.7. The van der Waals surface area contributed by atoms with E-state index in [4.69, 9.17) is 0 Å². The molecule has 0 amide bonds. The lowest BCUT2D eigenvalue weighted by molar-refractivity contribution is -0.709. The van der Waals surface area contributed by atoms with E-state index in [1.54, 1.807) is 0 Å². The normalized spacial score (nSPS) is 10.8. The van der Waals surface area contributed by atoms with Crippen LogP contribution >= 0.6 is 0 Å². The van der Waals surface area contributed by atoms with Crippen LogP contribution in [0.2, 0.25) is 0 Å². The number of nitrogens with two attached hydrogens (primary N) is 2. The average molecular weight is 414 g/mol. The summed E-state index contributed by atoms with van der Waals surface area (Å²) in [6.07, 6.45) is 0. The summed E-state index contributed by atoms with van der Waals surface area (Å²) in [6.45, 7) is 17.7. The van der Waals surface area contributed by atoms with Gasteiger partial charge in [-0.1, -0.05) is 7.12 Å². The Labute approximate surface area is 164 Å². The maximum absolute atomic E-state index is 12.5. The molecule has 0 saturated heterocycles. The first-order chi connectivity index (χ1) is 12.6. The van der Waals surface area contributed by atoms with E-state index in [1.807, 2.05) is 0 Å². The van der Waals surface area contributed by atoms with E-state index in [9.17, 15) is 32.0 Å². The Hall–Kier alpha value is -1.23. The molecule has 0 heterocycles. The highest BCUT2D eigenvalue weighted by molar-refractivity contribution is 6.55. The number of hydrogen-bond acceptors (Lipinski definition) is 2. The maximum atomic E-state index is 12.5. The Kier molecular flexibility index (Phi) is 14.4. The van der Waals surface area contributed by atoms with Crippen LogP contribution in [0.4, 0.5) is 22.0 Å². The zero-order valence-corrected chi connectivity index (χ0v) is 17.7. The van der Waals surface area contributed by atoms with Gasteiger partial charge in [0.1, 0.15) is 0 Å². The fourth-order valence-electron chi connectivity index (χ4n) is 2.37. The second-order valence-corrected chi connectivity index (χ2v) is 7.68. The summed E-state index contributed by atoms with van der Waals surface area (Å²) in [7, 11) is -3.26. The Bertz CT molecular complexity index is 531. The lowest BCUT2D eigenvalue weighted by Crippen LogP contribution is -2.92. The Morgan fingerprint density at radius 2 is 0.750 bits per heavy atom. The number of quaternary nitrogens is 2. The first-order valence-corrected chi connectivity index (χ1v) is 9.16. The molecule has 1 aromatic rings. The Morgan fingerprint density at radius 1 is 0.536 bits per heavy atom. The molecule has 28 heavy (non-hydrogen) atoms. The van der Waals surface area contributed by atoms with Crippen LogP contribution in [0.5, 0.6) is 0 Å². The topological polar surface area (TPSA) is 79.3 Å². The van der Waals surface area contributed by atoms with E-state index in [0.29, 0.717) is 0 Å². The minimum absolute atomic E-state index is 0.750. The highest BCUT2D eigenvalue weighted by Crippen LogP contribution is 2.15. The van der Waals surface area contributed by atoms with Crippen LogP contribution in [-0.2, 0) is 0 Å². The van der Waals surface area contributed by atoms with E-state index in [-0.39, 0.29) is 0 Å². The molecule has 1 aromatic carbocycles. The molecule has 0 aromatic heterocycles. The molecule has 0 aliphatic rings. The van der Waals surface area contributed by atoms with Crippen LogP contribution in [0.25, 0.3) is 0 Å². The summed E-state index contributed by atoms with van der Waals surface area (Å²) in [5.41, 5.74) is -1.89. The molecule has 0 bridgehead atoms. The van der Waals surface area contributed by atoms with Crippen LogP contribution in [0.3, 0.4) is 0 Å². The monoisotopic (exact) mass is 414 g/mol. The van der Waals surface area contributed by atoms with Crippen molar-refractivity contribution in [2.24, 2.45) is 0 Å². The third-order valence-electron chi connectivity index (χ3n) is 3.02. The van der Waals surface area contributed by atoms with Crippen molar-refractivity contribution in [3.8, 4) is 0 Å². The minimum Gasteiger partial charge on any atom is -0.889 e. The molecular weight excluding hydrogens is 382 g/mol. The van der Waals surface area contributed by atoms with E-state index in [1.165, 1.54) is 0 Å². The van der Waals surface area contributed by atoms with Gasteiger partial charge in [-0.15, -0.1) is 0 Å². The summed E-state index contributed by atoms with van der Waals surface area (Å²) >= 11 is 0. The van der Waals surface area contributed by atoms with E-state index < -0.39 is 41.7 Å². The highest BCUT2D eigenvalue weighted by Gasteiger charge is 2.23. The van der Waals surface area contributed by atoms with Gasteiger partial charge < -0.3 is 20.7 Å². The first-order valence-electron chi connectivity index (χ1n) is 9.16. The fourth-order valence-corrected chi connectivity index (χ4v) is 2.37. The molecule has 164 valence electrons. The zero-order valence-electron chi connectivity index (χ0n) is 17.7. The summed E-state index contributed by atoms with van der Waals surface area (Å²) in [4.78, 5) is 0. The van der Waals surface area contributed by atoms with E-state index in [0.717, 1.165) is 24.2 Å².